The average molecular weight is 430 g/mol. The number of hydrogen-bond donors (Lipinski definition) is 2. The van der Waals surface area contributed by atoms with Gasteiger partial charge in [-0.15, -0.1) is 0 Å². The summed E-state index contributed by atoms with van der Waals surface area (Å²) in [6, 6.07) is 18.0. The molecule has 0 unspecified atom stereocenters. The minimum Gasteiger partial charge on any atom is -0.354 e. The minimum absolute atomic E-state index is 0.114. The summed E-state index contributed by atoms with van der Waals surface area (Å²) in [5.41, 5.74) is 3.56. The van der Waals surface area contributed by atoms with Crippen LogP contribution in [-0.4, -0.2) is 47.8 Å². The third kappa shape index (κ3) is 4.33. The lowest BCUT2D eigenvalue weighted by Crippen LogP contribution is -2.46. The Kier molecular flexibility index (Phi) is 5.69. The lowest BCUT2D eigenvalue weighted by atomic mass is 10.1. The van der Waals surface area contributed by atoms with Crippen LogP contribution < -0.4 is 10.6 Å². The van der Waals surface area contributed by atoms with Crippen LogP contribution in [0.2, 0.25) is 0 Å². The summed E-state index contributed by atoms with van der Waals surface area (Å²) in [6.45, 7) is 4.16. The van der Waals surface area contributed by atoms with Gasteiger partial charge in [-0.2, -0.15) is 0 Å². The van der Waals surface area contributed by atoms with Crippen molar-refractivity contribution in [3.8, 4) is 0 Å². The number of nitrogens with zero attached hydrogens (tertiary/aromatic N) is 3. The molecule has 0 atom stereocenters. The van der Waals surface area contributed by atoms with Crippen LogP contribution in [0.5, 0.6) is 0 Å². The van der Waals surface area contributed by atoms with E-state index < -0.39 is 0 Å². The maximum absolute atomic E-state index is 12.8. The monoisotopic (exact) mass is 429 g/mol. The average Bonchev–Trinajstić information content (AvgIpc) is 3.00. The molecule has 0 radical (unpaired) electrons. The van der Waals surface area contributed by atoms with Crippen molar-refractivity contribution in [3.05, 3.63) is 83.7 Å². The molecule has 2 N–H and O–H groups in total. The predicted molar refractivity (Wildman–Crippen MR) is 123 cm³/mol. The SMILES string of the molecule is O=C(NCc1cccnc1)c1ccc2c(c1)N=C(N1CCNCC1)c1ccccc1S2. The molecule has 1 saturated heterocycles. The molecule has 0 spiro atoms. The minimum atomic E-state index is -0.114. The van der Waals surface area contributed by atoms with E-state index >= 15 is 0 Å². The van der Waals surface area contributed by atoms with Gasteiger partial charge in [0.1, 0.15) is 5.84 Å². The van der Waals surface area contributed by atoms with E-state index in [9.17, 15) is 4.79 Å². The molecule has 1 aromatic heterocycles. The van der Waals surface area contributed by atoms with Crippen LogP contribution in [0.15, 0.2) is 81.8 Å². The number of piperazine rings is 1. The Bertz CT molecular complexity index is 1130. The second-order valence-corrected chi connectivity index (χ2v) is 8.58. The zero-order chi connectivity index (χ0) is 21.0. The van der Waals surface area contributed by atoms with Gasteiger partial charge in [0, 0.05) is 66.0 Å². The van der Waals surface area contributed by atoms with Crippen molar-refractivity contribution in [2.24, 2.45) is 4.99 Å². The van der Waals surface area contributed by atoms with Crippen molar-refractivity contribution in [3.63, 3.8) is 0 Å². The standard InChI is InChI=1S/C24H23N5OS/c30-24(27-16-17-4-3-9-26-15-17)18-7-8-22-20(14-18)28-23(29-12-10-25-11-13-29)19-5-1-2-6-21(19)31-22/h1-9,14-15,25H,10-13,16H2,(H,27,30). The summed E-state index contributed by atoms with van der Waals surface area (Å²) < 4.78 is 0. The number of aromatic nitrogens is 1. The summed E-state index contributed by atoms with van der Waals surface area (Å²) in [4.78, 5) is 26.5. The zero-order valence-electron chi connectivity index (χ0n) is 17.0. The fourth-order valence-electron chi connectivity index (χ4n) is 3.77. The molecule has 6 nitrogen and oxygen atoms in total. The Morgan fingerprint density at radius 2 is 1.94 bits per heavy atom. The number of fused-ring (bicyclic) bond motifs is 2. The Hall–Kier alpha value is -3.16. The van der Waals surface area contributed by atoms with Crippen LogP contribution >= 0.6 is 11.8 Å². The van der Waals surface area contributed by atoms with Gasteiger partial charge in [0.15, 0.2) is 0 Å². The van der Waals surface area contributed by atoms with Crippen molar-refractivity contribution in [1.82, 2.24) is 20.5 Å². The molecule has 31 heavy (non-hydrogen) atoms. The smallest absolute Gasteiger partial charge is 0.251 e. The van der Waals surface area contributed by atoms with Gasteiger partial charge >= 0.3 is 0 Å². The predicted octanol–water partition coefficient (Wildman–Crippen LogP) is 3.46. The van der Waals surface area contributed by atoms with Crippen LogP contribution in [-0.2, 0) is 6.54 Å². The summed E-state index contributed by atoms with van der Waals surface area (Å²) in [7, 11) is 0. The Balaban J connectivity index is 1.46. The van der Waals surface area contributed by atoms with Gasteiger partial charge in [0.05, 0.1) is 5.69 Å². The van der Waals surface area contributed by atoms with Crippen molar-refractivity contribution < 1.29 is 4.79 Å². The third-order valence-corrected chi connectivity index (χ3v) is 6.53. The van der Waals surface area contributed by atoms with Gasteiger partial charge in [-0.05, 0) is 35.9 Å². The number of hydrogen-bond acceptors (Lipinski definition) is 6. The van der Waals surface area contributed by atoms with E-state index in [1.54, 1.807) is 24.2 Å². The first-order valence-electron chi connectivity index (χ1n) is 10.4. The van der Waals surface area contributed by atoms with Crippen molar-refractivity contribution >= 4 is 29.2 Å². The quantitative estimate of drug-likeness (QED) is 0.667. The van der Waals surface area contributed by atoms with Crippen LogP contribution in [0.25, 0.3) is 0 Å². The highest BCUT2D eigenvalue weighted by Crippen LogP contribution is 2.41. The van der Waals surface area contributed by atoms with Gasteiger partial charge in [0.25, 0.3) is 5.91 Å². The summed E-state index contributed by atoms with van der Waals surface area (Å²) in [6.07, 6.45) is 3.48. The highest BCUT2D eigenvalue weighted by Gasteiger charge is 2.23. The van der Waals surface area contributed by atoms with Gasteiger partial charge in [-0.25, -0.2) is 4.99 Å². The summed E-state index contributed by atoms with van der Waals surface area (Å²) in [5, 5.41) is 6.38. The zero-order valence-corrected chi connectivity index (χ0v) is 17.9. The van der Waals surface area contributed by atoms with E-state index in [1.807, 2.05) is 30.3 Å². The number of pyridine rings is 1. The normalized spacial score (nSPS) is 15.4. The van der Waals surface area contributed by atoms with Crippen LogP contribution in [0.1, 0.15) is 21.5 Å². The summed E-state index contributed by atoms with van der Waals surface area (Å²) >= 11 is 1.70. The number of carbonyl (C=O) groups excluding carboxylic acids is 1. The lowest BCUT2D eigenvalue weighted by molar-refractivity contribution is 0.0951. The Labute approximate surface area is 185 Å². The fraction of sp³-hybridized carbons (Fsp3) is 0.208. The number of amidine groups is 1. The molecule has 5 rings (SSSR count). The van der Waals surface area contributed by atoms with Crippen LogP contribution in [0.4, 0.5) is 5.69 Å². The molecule has 2 aliphatic rings. The molecule has 2 aliphatic heterocycles. The molecule has 3 aromatic rings. The van der Waals surface area contributed by atoms with Crippen LogP contribution in [0, 0.1) is 0 Å². The fourth-order valence-corrected chi connectivity index (χ4v) is 4.77. The van der Waals surface area contributed by atoms with Gasteiger partial charge < -0.3 is 15.5 Å². The number of carbonyl (C=O) groups is 1. The first kappa shape index (κ1) is 19.8. The highest BCUT2D eigenvalue weighted by atomic mass is 32.2. The maximum atomic E-state index is 12.8. The Morgan fingerprint density at radius 1 is 1.06 bits per heavy atom. The number of amides is 1. The van der Waals surface area contributed by atoms with E-state index in [-0.39, 0.29) is 5.91 Å². The number of aliphatic imine (C=N–C) groups is 1. The molecule has 156 valence electrons. The van der Waals surface area contributed by atoms with E-state index in [0.29, 0.717) is 12.1 Å². The van der Waals surface area contributed by atoms with E-state index in [4.69, 9.17) is 4.99 Å². The highest BCUT2D eigenvalue weighted by molar-refractivity contribution is 7.99. The third-order valence-electron chi connectivity index (χ3n) is 5.39. The second kappa shape index (κ2) is 8.91. The van der Waals surface area contributed by atoms with Crippen LogP contribution in [0.3, 0.4) is 0 Å². The van der Waals surface area contributed by atoms with E-state index in [1.165, 1.54) is 4.90 Å². The molecular formula is C24H23N5OS. The van der Waals surface area contributed by atoms with Crippen molar-refractivity contribution in [2.75, 3.05) is 26.2 Å². The molecule has 1 amide bonds. The molecule has 7 heteroatoms. The molecule has 2 aromatic carbocycles. The largest absolute Gasteiger partial charge is 0.354 e. The Morgan fingerprint density at radius 3 is 2.77 bits per heavy atom. The maximum Gasteiger partial charge on any atom is 0.251 e. The molecule has 0 aliphatic carbocycles. The van der Waals surface area contributed by atoms with Gasteiger partial charge in [-0.3, -0.25) is 9.78 Å². The van der Waals surface area contributed by atoms with Crippen molar-refractivity contribution in [1.29, 1.82) is 0 Å². The van der Waals surface area contributed by atoms with Gasteiger partial charge in [0.2, 0.25) is 0 Å². The number of benzene rings is 2. The first-order valence-corrected chi connectivity index (χ1v) is 11.2. The first-order chi connectivity index (χ1) is 15.3. The van der Waals surface area contributed by atoms with E-state index in [0.717, 1.165) is 53.7 Å². The molecule has 3 heterocycles. The number of rotatable bonds is 3. The lowest BCUT2D eigenvalue weighted by Gasteiger charge is -2.30. The second-order valence-electron chi connectivity index (χ2n) is 7.50. The molecular weight excluding hydrogens is 406 g/mol. The molecule has 0 bridgehead atoms. The molecule has 0 saturated carbocycles. The van der Waals surface area contributed by atoms with Gasteiger partial charge in [-0.1, -0.05) is 36.0 Å². The van der Waals surface area contributed by atoms with E-state index in [2.05, 4.69) is 44.8 Å². The summed E-state index contributed by atoms with van der Waals surface area (Å²) in [5.74, 6) is 0.869. The van der Waals surface area contributed by atoms with Crippen molar-refractivity contribution in [2.45, 2.75) is 16.3 Å². The number of nitrogens with one attached hydrogen (secondary N) is 2. The topological polar surface area (TPSA) is 69.6 Å². The molecule has 1 fully saturated rings.